The monoisotopic (exact) mass is 446 g/mol. The zero-order valence-corrected chi connectivity index (χ0v) is 17.3. The first-order valence-electron chi connectivity index (χ1n) is 10.4. The van der Waals surface area contributed by atoms with Gasteiger partial charge in [0.05, 0.1) is 0 Å². The van der Waals surface area contributed by atoms with Crippen LogP contribution in [-0.2, 0) is 19.3 Å². The number of unbranched alkanes of at least 4 members (excludes halogenated alkanes) is 1. The van der Waals surface area contributed by atoms with E-state index < -0.39 is 34.9 Å². The van der Waals surface area contributed by atoms with Gasteiger partial charge in [-0.05, 0) is 89.9 Å². The van der Waals surface area contributed by atoms with Gasteiger partial charge in [-0.3, -0.25) is 0 Å². The maximum absolute atomic E-state index is 14.8. The van der Waals surface area contributed by atoms with Gasteiger partial charge >= 0.3 is 0 Å². The highest BCUT2D eigenvalue weighted by molar-refractivity contribution is 5.74. The molecule has 0 bridgehead atoms. The molecule has 3 aromatic rings. The smallest absolute Gasteiger partial charge is 0.194 e. The van der Waals surface area contributed by atoms with E-state index in [1.54, 1.807) is 6.08 Å². The predicted octanol–water partition coefficient (Wildman–Crippen LogP) is 7.71. The molecule has 0 fully saturated rings. The van der Waals surface area contributed by atoms with Gasteiger partial charge < -0.3 is 0 Å². The summed E-state index contributed by atoms with van der Waals surface area (Å²) in [5.74, 6) is -6.50. The molecule has 0 atom stereocenters. The van der Waals surface area contributed by atoms with Crippen molar-refractivity contribution in [3.63, 3.8) is 0 Å². The zero-order chi connectivity index (χ0) is 23.0. The Labute approximate surface area is 182 Å². The van der Waals surface area contributed by atoms with Crippen LogP contribution in [0.5, 0.6) is 0 Å². The van der Waals surface area contributed by atoms with Crippen LogP contribution in [0.25, 0.3) is 16.7 Å². The van der Waals surface area contributed by atoms with Gasteiger partial charge in [0.2, 0.25) is 0 Å². The van der Waals surface area contributed by atoms with Crippen molar-refractivity contribution in [2.75, 3.05) is 0 Å². The maximum Gasteiger partial charge on any atom is 0.194 e. The fourth-order valence-corrected chi connectivity index (χ4v) is 4.10. The highest BCUT2D eigenvalue weighted by Crippen LogP contribution is 2.35. The normalized spacial score (nSPS) is 13.2. The quantitative estimate of drug-likeness (QED) is 0.278. The number of rotatable bonds is 5. The Morgan fingerprint density at radius 2 is 1.38 bits per heavy atom. The summed E-state index contributed by atoms with van der Waals surface area (Å²) in [7, 11) is 0. The fourth-order valence-electron chi connectivity index (χ4n) is 4.10. The lowest BCUT2D eigenvalue weighted by atomic mass is 9.85. The third kappa shape index (κ3) is 4.18. The third-order valence-corrected chi connectivity index (χ3v) is 5.78. The molecule has 0 amide bonds. The van der Waals surface area contributed by atoms with Crippen molar-refractivity contribution in [1.29, 1.82) is 0 Å². The van der Waals surface area contributed by atoms with E-state index in [-0.39, 0.29) is 29.5 Å². The molecule has 0 unspecified atom stereocenters. The number of hydrogen-bond donors (Lipinski definition) is 0. The van der Waals surface area contributed by atoms with Crippen molar-refractivity contribution < 1.29 is 26.3 Å². The molecule has 6 heteroatoms. The first kappa shape index (κ1) is 22.2. The van der Waals surface area contributed by atoms with Crippen molar-refractivity contribution in [3.8, 4) is 11.1 Å². The van der Waals surface area contributed by atoms with Crippen LogP contribution < -0.4 is 0 Å². The van der Waals surface area contributed by atoms with Crippen LogP contribution in [0, 0.1) is 34.9 Å². The second kappa shape index (κ2) is 8.85. The summed E-state index contributed by atoms with van der Waals surface area (Å²) in [4.78, 5) is 0. The van der Waals surface area contributed by atoms with Gasteiger partial charge in [0.1, 0.15) is 17.5 Å². The second-order valence-electron chi connectivity index (χ2n) is 8.00. The number of fused-ring (bicyclic) bond motifs is 1. The largest absolute Gasteiger partial charge is 0.206 e. The Balaban J connectivity index is 1.67. The lowest BCUT2D eigenvalue weighted by Crippen LogP contribution is -2.08. The van der Waals surface area contributed by atoms with E-state index in [1.165, 1.54) is 24.3 Å². The van der Waals surface area contributed by atoms with E-state index >= 15 is 0 Å². The number of hydrogen-bond acceptors (Lipinski definition) is 0. The predicted molar refractivity (Wildman–Crippen MR) is 112 cm³/mol. The average molecular weight is 446 g/mol. The standard InChI is InChI=1S/C26H20F6/c1-2-3-4-14-7-21(28)25(22(29)8-14)16-6-5-15-10-19(20(27)11-17(15)9-16)18-12-23(30)26(32)24(31)13-18/h6-8,10-13H,2-5,9H2,1H3. The minimum atomic E-state index is -1.62. The lowest BCUT2D eigenvalue weighted by molar-refractivity contribution is 0.447. The van der Waals surface area contributed by atoms with Crippen LogP contribution in [0.15, 0.2) is 42.5 Å². The molecule has 0 N–H and O–H groups in total. The second-order valence-corrected chi connectivity index (χ2v) is 8.00. The van der Waals surface area contributed by atoms with Crippen molar-refractivity contribution in [3.05, 3.63) is 99.6 Å². The van der Waals surface area contributed by atoms with Gasteiger partial charge in [0.25, 0.3) is 0 Å². The molecule has 1 aliphatic rings. The molecule has 0 radical (unpaired) electrons. The molecule has 0 nitrogen and oxygen atoms in total. The molecular weight excluding hydrogens is 426 g/mol. The summed E-state index contributed by atoms with van der Waals surface area (Å²) in [6.07, 6.45) is 4.38. The number of aryl methyl sites for hydroxylation is 1. The minimum Gasteiger partial charge on any atom is -0.206 e. The van der Waals surface area contributed by atoms with Crippen LogP contribution in [0.1, 0.15) is 42.0 Å². The van der Waals surface area contributed by atoms with Crippen LogP contribution >= 0.6 is 0 Å². The fraction of sp³-hybridized carbons (Fsp3) is 0.231. The number of allylic oxidation sites excluding steroid dienone is 2. The first-order chi connectivity index (χ1) is 15.3. The van der Waals surface area contributed by atoms with E-state index in [4.69, 9.17) is 0 Å². The van der Waals surface area contributed by atoms with Crippen LogP contribution in [0.2, 0.25) is 0 Å². The molecule has 0 heterocycles. The van der Waals surface area contributed by atoms with Crippen molar-refractivity contribution in [2.24, 2.45) is 0 Å². The molecule has 4 rings (SSSR count). The number of benzene rings is 3. The van der Waals surface area contributed by atoms with Gasteiger partial charge in [-0.15, -0.1) is 0 Å². The van der Waals surface area contributed by atoms with Gasteiger partial charge in [0.15, 0.2) is 17.5 Å². The Morgan fingerprint density at radius 1 is 0.719 bits per heavy atom. The molecule has 0 aliphatic heterocycles. The Bertz CT molecular complexity index is 1180. The number of halogens is 6. The van der Waals surface area contributed by atoms with E-state index in [0.29, 0.717) is 28.7 Å². The molecule has 3 aromatic carbocycles. The summed E-state index contributed by atoms with van der Waals surface area (Å²) in [5, 5.41) is 0. The molecule has 0 aromatic heterocycles. The average Bonchev–Trinajstić information content (AvgIpc) is 2.74. The molecule has 0 saturated carbocycles. The van der Waals surface area contributed by atoms with Crippen molar-refractivity contribution in [1.82, 2.24) is 0 Å². The molecular formula is C26H20F6. The van der Waals surface area contributed by atoms with Gasteiger partial charge in [-0.1, -0.05) is 19.4 Å². The summed E-state index contributed by atoms with van der Waals surface area (Å²) in [6, 6.07) is 6.78. The molecule has 1 aliphatic carbocycles. The van der Waals surface area contributed by atoms with Gasteiger partial charge in [0, 0.05) is 11.1 Å². The topological polar surface area (TPSA) is 0 Å². The lowest BCUT2D eigenvalue weighted by Gasteiger charge is -2.20. The SMILES string of the molecule is CCCCc1cc(F)c(C2=CCc3cc(-c4cc(F)c(F)c(F)c4)c(F)cc3C2)c(F)c1. The van der Waals surface area contributed by atoms with Gasteiger partial charge in [-0.2, -0.15) is 0 Å². The van der Waals surface area contributed by atoms with E-state index in [1.807, 2.05) is 6.92 Å². The van der Waals surface area contributed by atoms with E-state index in [0.717, 1.165) is 25.0 Å². The van der Waals surface area contributed by atoms with E-state index in [9.17, 15) is 26.3 Å². The summed E-state index contributed by atoms with van der Waals surface area (Å²) < 4.78 is 84.6. The molecule has 0 spiro atoms. The highest BCUT2D eigenvalue weighted by Gasteiger charge is 2.22. The maximum atomic E-state index is 14.8. The highest BCUT2D eigenvalue weighted by atomic mass is 19.2. The first-order valence-corrected chi connectivity index (χ1v) is 10.4. The third-order valence-electron chi connectivity index (χ3n) is 5.78. The van der Waals surface area contributed by atoms with Crippen LogP contribution in [0.3, 0.4) is 0 Å². The summed E-state index contributed by atoms with van der Waals surface area (Å²) in [5.41, 5.74) is 1.88. The zero-order valence-electron chi connectivity index (χ0n) is 17.3. The van der Waals surface area contributed by atoms with Gasteiger partial charge in [-0.25, -0.2) is 26.3 Å². The Kier molecular flexibility index (Phi) is 6.13. The Hall–Kier alpha value is -3.02. The molecule has 166 valence electrons. The minimum absolute atomic E-state index is 0.0731. The van der Waals surface area contributed by atoms with E-state index in [2.05, 4.69) is 0 Å². The molecule has 32 heavy (non-hydrogen) atoms. The molecule has 0 saturated heterocycles. The van der Waals surface area contributed by atoms with Crippen molar-refractivity contribution >= 4 is 5.57 Å². The Morgan fingerprint density at radius 3 is 2.00 bits per heavy atom. The van der Waals surface area contributed by atoms with Crippen LogP contribution in [0.4, 0.5) is 26.3 Å². The van der Waals surface area contributed by atoms with Crippen LogP contribution in [-0.4, -0.2) is 0 Å². The van der Waals surface area contributed by atoms with Crippen molar-refractivity contribution in [2.45, 2.75) is 39.0 Å². The summed E-state index contributed by atoms with van der Waals surface area (Å²) >= 11 is 0. The summed E-state index contributed by atoms with van der Waals surface area (Å²) in [6.45, 7) is 2.00.